The Morgan fingerprint density at radius 1 is 1.06 bits per heavy atom. The topological polar surface area (TPSA) is 208 Å². The van der Waals surface area contributed by atoms with Gasteiger partial charge in [0.05, 0.1) is 22.2 Å². The fourth-order valence-corrected chi connectivity index (χ4v) is 3.43. The number of carboxylic acids is 1. The van der Waals surface area contributed by atoms with E-state index in [9.17, 15) is 31.5 Å². The number of carbonyl (C=O) groups excluding carboxylic acids is 1. The fraction of sp³-hybridized carbons (Fsp3) is 0.158. The van der Waals surface area contributed by atoms with Crippen molar-refractivity contribution in [3.05, 3.63) is 65.9 Å². The molecule has 7 N–H and O–H groups in total. The zero-order valence-corrected chi connectivity index (χ0v) is 21.2. The number of aliphatic carboxylic acids is 1. The molecule has 0 spiro atoms. The predicted molar refractivity (Wildman–Crippen MR) is 111 cm³/mol. The first-order valence-corrected chi connectivity index (χ1v) is 10.1. The van der Waals surface area contributed by atoms with Crippen molar-refractivity contribution >= 4 is 16.0 Å². The van der Waals surface area contributed by atoms with E-state index < -0.39 is 34.5 Å². The number of aryl methyl sites for hydroxylation is 1. The average molecular weight is 531 g/mol. The average Bonchev–Trinajstić information content (AvgIpc) is 3.14. The molecule has 11 nitrogen and oxygen atoms in total. The molecule has 0 aliphatic rings. The van der Waals surface area contributed by atoms with Gasteiger partial charge in [-0.3, -0.25) is 4.84 Å². The van der Waals surface area contributed by atoms with Crippen molar-refractivity contribution in [3.8, 4) is 16.9 Å². The summed E-state index contributed by atoms with van der Waals surface area (Å²) in [6.07, 6.45) is -4.67. The van der Waals surface area contributed by atoms with Gasteiger partial charge < -0.3 is 26.3 Å². The summed E-state index contributed by atoms with van der Waals surface area (Å²) in [6, 6.07) is 12.5. The van der Waals surface area contributed by atoms with E-state index in [1.165, 1.54) is 12.1 Å². The molecule has 0 radical (unpaired) electrons. The molecule has 3 rings (SSSR count). The van der Waals surface area contributed by atoms with Crippen LogP contribution in [0.3, 0.4) is 0 Å². The SMILES string of the molecule is Cc1ccc(-c2cc(C(F)(F)F)nn2-c2ccc(S(=O)(=O)NOCC(=O)[O-])cc2)cc1.O.O.O.[Na+]. The first kappa shape index (κ1) is 34.8. The van der Waals surface area contributed by atoms with Crippen molar-refractivity contribution in [2.45, 2.75) is 18.0 Å². The maximum absolute atomic E-state index is 13.2. The maximum Gasteiger partial charge on any atom is 1.00 e. The Hall–Kier alpha value is -2.34. The summed E-state index contributed by atoms with van der Waals surface area (Å²) in [5, 5.41) is 13.9. The molecule has 0 fully saturated rings. The van der Waals surface area contributed by atoms with E-state index in [2.05, 4.69) is 9.94 Å². The van der Waals surface area contributed by atoms with Crippen LogP contribution in [0.15, 0.2) is 59.5 Å². The molecule has 0 amide bonds. The number of rotatable bonds is 7. The first-order chi connectivity index (χ1) is 14.5. The molecule has 0 unspecified atom stereocenters. The largest absolute Gasteiger partial charge is 1.00 e. The normalized spacial score (nSPS) is 10.7. The molecule has 0 saturated carbocycles. The van der Waals surface area contributed by atoms with Crippen LogP contribution in [-0.4, -0.2) is 47.2 Å². The van der Waals surface area contributed by atoms with Crippen LogP contribution >= 0.6 is 0 Å². The number of hydrogen-bond donors (Lipinski definition) is 1. The molecule has 3 aromatic rings. The van der Waals surface area contributed by atoms with Gasteiger partial charge in [0, 0.05) is 5.56 Å². The zero-order chi connectivity index (χ0) is 22.8. The third-order valence-corrected chi connectivity index (χ3v) is 5.33. The summed E-state index contributed by atoms with van der Waals surface area (Å²) >= 11 is 0. The minimum atomic E-state index is -4.67. The van der Waals surface area contributed by atoms with Crippen molar-refractivity contribution in [1.82, 2.24) is 14.7 Å². The molecule has 35 heavy (non-hydrogen) atoms. The Balaban J connectivity index is 0. The molecular weight excluding hydrogens is 510 g/mol. The van der Waals surface area contributed by atoms with E-state index in [1.807, 2.05) is 6.92 Å². The van der Waals surface area contributed by atoms with Crippen LogP contribution in [0.25, 0.3) is 16.9 Å². The standard InChI is InChI=1S/C19H16F3N3O5S.Na.3H2O/c1-12-2-4-13(5-3-12)16-10-17(19(20,21)22)23-25(16)14-6-8-15(9-7-14)31(28,29)24-30-11-18(26)27;;;;/h2-10,24H,11H2,1H3,(H,26,27);;3*1H2/q;+1;;;/p-1. The third kappa shape index (κ3) is 8.68. The van der Waals surface area contributed by atoms with Gasteiger partial charge >= 0.3 is 35.7 Å². The van der Waals surface area contributed by atoms with Gasteiger partial charge in [-0.25, -0.2) is 13.1 Å². The molecule has 0 atom stereocenters. The second-order valence-electron chi connectivity index (χ2n) is 6.43. The van der Waals surface area contributed by atoms with Crippen LogP contribution in [0.4, 0.5) is 13.2 Å². The van der Waals surface area contributed by atoms with Gasteiger partial charge in [0.25, 0.3) is 10.0 Å². The van der Waals surface area contributed by atoms with Crippen molar-refractivity contribution < 1.29 is 82.3 Å². The van der Waals surface area contributed by atoms with Gasteiger partial charge in [-0.2, -0.15) is 18.3 Å². The van der Waals surface area contributed by atoms with Gasteiger partial charge in [-0.05, 0) is 37.3 Å². The summed E-state index contributed by atoms with van der Waals surface area (Å²) < 4.78 is 65.0. The summed E-state index contributed by atoms with van der Waals surface area (Å²) in [7, 11) is -4.21. The summed E-state index contributed by atoms with van der Waals surface area (Å²) in [4.78, 5) is 15.9. The third-order valence-electron chi connectivity index (χ3n) is 4.10. The number of nitrogens with one attached hydrogen (secondary N) is 1. The molecule has 0 aliphatic carbocycles. The Bertz CT molecular complexity index is 1200. The fourth-order valence-electron chi connectivity index (χ4n) is 2.63. The number of carboxylic acid groups (broad SMARTS) is 1. The van der Waals surface area contributed by atoms with Crippen molar-refractivity contribution in [2.24, 2.45) is 0 Å². The van der Waals surface area contributed by atoms with Gasteiger partial charge in [0.15, 0.2) is 5.69 Å². The molecular formula is C19H21F3N3NaO8S. The Labute approximate surface area is 219 Å². The number of benzene rings is 2. The molecule has 0 bridgehead atoms. The van der Waals surface area contributed by atoms with Crippen molar-refractivity contribution in [2.75, 3.05) is 6.61 Å². The number of sulfonamides is 1. The van der Waals surface area contributed by atoms with Gasteiger partial charge in [-0.1, -0.05) is 34.7 Å². The smallest absolute Gasteiger partial charge is 0.548 e. The molecule has 0 aliphatic heterocycles. The quantitative estimate of drug-likeness (QED) is 0.240. The van der Waals surface area contributed by atoms with Crippen LogP contribution in [0.5, 0.6) is 0 Å². The van der Waals surface area contributed by atoms with Crippen LogP contribution in [0.1, 0.15) is 11.3 Å². The minimum absolute atomic E-state index is 0. The first-order valence-electron chi connectivity index (χ1n) is 8.65. The number of alkyl halides is 3. The number of aromatic nitrogens is 2. The van der Waals surface area contributed by atoms with Crippen LogP contribution in [0, 0.1) is 6.92 Å². The van der Waals surface area contributed by atoms with Crippen molar-refractivity contribution in [3.63, 3.8) is 0 Å². The van der Waals surface area contributed by atoms with Crippen LogP contribution in [-0.2, 0) is 25.8 Å². The molecule has 1 aromatic heterocycles. The molecule has 0 saturated heterocycles. The van der Waals surface area contributed by atoms with E-state index in [-0.39, 0.29) is 62.3 Å². The van der Waals surface area contributed by atoms with Gasteiger partial charge in [-0.15, -0.1) is 0 Å². The van der Waals surface area contributed by atoms with E-state index in [4.69, 9.17) is 0 Å². The summed E-state index contributed by atoms with van der Waals surface area (Å²) in [6.45, 7) is 0.844. The van der Waals surface area contributed by atoms with Gasteiger partial charge in [0.1, 0.15) is 6.61 Å². The van der Waals surface area contributed by atoms with E-state index in [0.717, 1.165) is 28.4 Å². The number of nitrogens with zero attached hydrogens (tertiary/aromatic N) is 2. The van der Waals surface area contributed by atoms with Crippen LogP contribution in [0.2, 0.25) is 0 Å². The van der Waals surface area contributed by atoms with Crippen molar-refractivity contribution in [1.29, 1.82) is 0 Å². The predicted octanol–water partition coefficient (Wildman–Crippen LogP) is -3.64. The number of carbonyl (C=O) groups is 1. The maximum atomic E-state index is 13.2. The van der Waals surface area contributed by atoms with E-state index in [1.54, 1.807) is 29.2 Å². The zero-order valence-electron chi connectivity index (χ0n) is 18.4. The van der Waals surface area contributed by atoms with E-state index in [0.29, 0.717) is 5.56 Å². The minimum Gasteiger partial charge on any atom is -0.548 e. The number of hydrogen-bond acceptors (Lipinski definition) is 6. The van der Waals surface area contributed by atoms with Gasteiger partial charge in [0.2, 0.25) is 0 Å². The Morgan fingerprint density at radius 2 is 1.60 bits per heavy atom. The summed E-state index contributed by atoms with van der Waals surface area (Å²) in [5.41, 5.74) is 0.660. The Kier molecular flexibility index (Phi) is 13.6. The monoisotopic (exact) mass is 531 g/mol. The number of halogens is 3. The second-order valence-corrected chi connectivity index (χ2v) is 8.08. The molecule has 16 heteroatoms. The summed E-state index contributed by atoms with van der Waals surface area (Å²) in [5.74, 6) is -1.62. The molecule has 188 valence electrons. The molecule has 1 heterocycles. The van der Waals surface area contributed by atoms with E-state index >= 15 is 0 Å². The Morgan fingerprint density at radius 3 is 2.09 bits per heavy atom. The van der Waals surface area contributed by atoms with Crippen LogP contribution < -0.4 is 39.5 Å². The molecule has 2 aromatic carbocycles. The second kappa shape index (κ2) is 13.7.